The summed E-state index contributed by atoms with van der Waals surface area (Å²) in [5.74, 6) is -1.90. The Morgan fingerprint density at radius 2 is 1.21 bits per heavy atom. The predicted molar refractivity (Wildman–Crippen MR) is 117 cm³/mol. The van der Waals surface area contributed by atoms with Crippen LogP contribution >= 0.6 is 0 Å². The molecule has 0 unspecified atom stereocenters. The van der Waals surface area contributed by atoms with E-state index in [2.05, 4.69) is 4.90 Å². The maximum absolute atomic E-state index is 11.3. The first-order chi connectivity index (χ1) is 15.8. The highest BCUT2D eigenvalue weighted by Crippen LogP contribution is 2.13. The van der Waals surface area contributed by atoms with Gasteiger partial charge in [0.05, 0.1) is 24.5 Å². The first-order valence-electron chi connectivity index (χ1n) is 10.8. The standard InChI is InChI=1S/C21H31N5O7/c27-14-13-22-5-7-23(15-18-1-3-19(4-2-18)26(32)33)9-10-25(17-21(30)31)12-11-24(8-6-22)16-20(28)29/h1-4,14H,5-13,15-17H2,(H2-,28,29,30,31,32,33)/p+1. The van der Waals surface area contributed by atoms with Gasteiger partial charge in [-0.1, -0.05) is 12.1 Å². The van der Waals surface area contributed by atoms with E-state index < -0.39 is 11.9 Å². The molecule has 12 nitrogen and oxygen atoms in total. The van der Waals surface area contributed by atoms with E-state index in [0.29, 0.717) is 58.9 Å². The summed E-state index contributed by atoms with van der Waals surface area (Å²) in [5.41, 5.74) is 1.05. The van der Waals surface area contributed by atoms with Gasteiger partial charge < -0.3 is 15.0 Å². The molecule has 1 fully saturated rings. The van der Waals surface area contributed by atoms with Crippen molar-refractivity contribution in [3.63, 3.8) is 0 Å². The van der Waals surface area contributed by atoms with Crippen LogP contribution in [0.25, 0.3) is 0 Å². The zero-order chi connectivity index (χ0) is 24.2. The van der Waals surface area contributed by atoms with E-state index in [1.165, 1.54) is 12.1 Å². The van der Waals surface area contributed by atoms with Gasteiger partial charge in [-0.25, -0.2) is 5.21 Å². The summed E-state index contributed by atoms with van der Waals surface area (Å²) < 4.78 is 0. The Bertz CT molecular complexity index is 805. The lowest BCUT2D eigenvalue weighted by Crippen LogP contribution is -2.47. The third-order valence-corrected chi connectivity index (χ3v) is 5.54. The molecule has 0 radical (unpaired) electrons. The van der Waals surface area contributed by atoms with Gasteiger partial charge in [-0.15, -0.1) is 0 Å². The molecule has 1 aliphatic heterocycles. The molecule has 0 amide bonds. The molecular weight excluding hydrogens is 434 g/mol. The highest BCUT2D eigenvalue weighted by Gasteiger charge is 2.19. The Balaban J connectivity index is 2.14. The minimum atomic E-state index is -0.952. The van der Waals surface area contributed by atoms with Gasteiger partial charge in [0.2, 0.25) is 0 Å². The molecule has 1 heterocycles. The lowest BCUT2D eigenvalue weighted by Gasteiger charge is -2.33. The highest BCUT2D eigenvalue weighted by molar-refractivity contribution is 5.69. The molecule has 2 rings (SSSR count). The van der Waals surface area contributed by atoms with Gasteiger partial charge in [-0.05, 0) is 5.56 Å². The van der Waals surface area contributed by atoms with Crippen LogP contribution in [0, 0.1) is 4.91 Å². The maximum Gasteiger partial charge on any atom is 0.317 e. The van der Waals surface area contributed by atoms with E-state index >= 15 is 0 Å². The van der Waals surface area contributed by atoms with Crippen molar-refractivity contribution in [2.24, 2.45) is 0 Å². The Morgan fingerprint density at radius 1 is 0.788 bits per heavy atom. The van der Waals surface area contributed by atoms with Crippen LogP contribution in [0.5, 0.6) is 0 Å². The van der Waals surface area contributed by atoms with Crippen molar-refractivity contribution in [1.82, 2.24) is 19.6 Å². The number of carbonyl (C=O) groups excluding carboxylic acids is 1. The minimum Gasteiger partial charge on any atom is -0.480 e. The monoisotopic (exact) mass is 466 g/mol. The fourth-order valence-electron chi connectivity index (χ4n) is 3.71. The van der Waals surface area contributed by atoms with Gasteiger partial charge in [0.25, 0.3) is 4.92 Å². The van der Waals surface area contributed by atoms with Crippen molar-refractivity contribution in [1.29, 1.82) is 0 Å². The summed E-state index contributed by atoms with van der Waals surface area (Å²) in [7, 11) is 0. The lowest BCUT2D eigenvalue weighted by molar-refractivity contribution is -0.729. The van der Waals surface area contributed by atoms with Crippen LogP contribution < -0.4 is 0 Å². The van der Waals surface area contributed by atoms with Gasteiger partial charge in [-0.2, -0.15) is 0 Å². The molecular formula is C21H32N5O7+. The van der Waals surface area contributed by atoms with Crippen LogP contribution in [0.4, 0.5) is 5.69 Å². The van der Waals surface area contributed by atoms with E-state index in [1.807, 2.05) is 4.90 Å². The molecule has 1 aromatic rings. The number of aliphatic carboxylic acids is 2. The van der Waals surface area contributed by atoms with Crippen LogP contribution in [-0.4, -0.2) is 130 Å². The summed E-state index contributed by atoms with van der Waals surface area (Å²) in [5, 5.41) is 27.5. The summed E-state index contributed by atoms with van der Waals surface area (Å²) in [6.45, 7) is 4.53. The number of carboxylic acids is 2. The minimum absolute atomic E-state index is 0.128. The number of carbonyl (C=O) groups is 3. The summed E-state index contributed by atoms with van der Waals surface area (Å²) in [4.78, 5) is 52.2. The summed E-state index contributed by atoms with van der Waals surface area (Å²) in [6.07, 6.45) is 0.828. The SMILES string of the molecule is O=CCN1CCN(CC(=O)O)CCN(CC(=O)O)CCN(Cc2ccc([N+](=O)O)cc2)CC1. The maximum atomic E-state index is 11.3. The molecule has 0 spiro atoms. The number of carboxylic acid groups (broad SMARTS) is 2. The quantitative estimate of drug-likeness (QED) is 0.322. The van der Waals surface area contributed by atoms with Gasteiger partial charge in [0.1, 0.15) is 6.29 Å². The van der Waals surface area contributed by atoms with Crippen LogP contribution in [0.15, 0.2) is 24.3 Å². The predicted octanol–water partition coefficient (Wildman–Crippen LogP) is -0.424. The zero-order valence-corrected chi connectivity index (χ0v) is 18.6. The topological polar surface area (TPSA) is 145 Å². The third kappa shape index (κ3) is 10.0. The molecule has 12 heteroatoms. The normalized spacial score (nSPS) is 18.2. The van der Waals surface area contributed by atoms with Crippen molar-refractivity contribution in [2.45, 2.75) is 6.54 Å². The molecule has 1 saturated heterocycles. The fourth-order valence-corrected chi connectivity index (χ4v) is 3.71. The van der Waals surface area contributed by atoms with Gasteiger partial charge in [-0.3, -0.25) is 29.2 Å². The lowest BCUT2D eigenvalue weighted by atomic mass is 10.2. The molecule has 0 aromatic heterocycles. The average molecular weight is 467 g/mol. The first-order valence-corrected chi connectivity index (χ1v) is 10.8. The highest BCUT2D eigenvalue weighted by atomic mass is 16.6. The van der Waals surface area contributed by atoms with E-state index in [9.17, 15) is 29.5 Å². The Morgan fingerprint density at radius 3 is 1.61 bits per heavy atom. The van der Waals surface area contributed by atoms with Crippen molar-refractivity contribution in [3.05, 3.63) is 34.7 Å². The van der Waals surface area contributed by atoms with Crippen molar-refractivity contribution >= 4 is 23.9 Å². The Kier molecular flexibility index (Phi) is 10.8. The second-order valence-corrected chi connectivity index (χ2v) is 8.02. The fraction of sp³-hybridized carbons (Fsp3) is 0.571. The molecule has 0 bridgehead atoms. The van der Waals surface area contributed by atoms with Crippen LogP contribution in [0.2, 0.25) is 0 Å². The van der Waals surface area contributed by atoms with Crippen molar-refractivity contribution in [2.75, 3.05) is 72.0 Å². The summed E-state index contributed by atoms with van der Waals surface area (Å²) >= 11 is 0. The smallest absolute Gasteiger partial charge is 0.317 e. The van der Waals surface area contributed by atoms with Gasteiger partial charge in [0, 0.05) is 71.0 Å². The third-order valence-electron chi connectivity index (χ3n) is 5.54. The average Bonchev–Trinajstić information content (AvgIpc) is 2.75. The molecule has 0 atom stereocenters. The van der Waals surface area contributed by atoms with E-state index in [0.717, 1.165) is 11.8 Å². The molecule has 0 aliphatic carbocycles. The number of hydrogen-bond acceptors (Lipinski definition) is 8. The largest absolute Gasteiger partial charge is 0.480 e. The number of aldehydes is 1. The van der Waals surface area contributed by atoms with E-state index in [-0.39, 0.29) is 30.2 Å². The van der Waals surface area contributed by atoms with E-state index in [1.54, 1.807) is 21.9 Å². The number of nitrogens with zero attached hydrogens (tertiary/aromatic N) is 5. The molecule has 1 aliphatic rings. The zero-order valence-electron chi connectivity index (χ0n) is 18.6. The number of hydrogen-bond donors (Lipinski definition) is 3. The van der Waals surface area contributed by atoms with Crippen LogP contribution in [0.3, 0.4) is 0 Å². The van der Waals surface area contributed by atoms with Crippen LogP contribution in [-0.2, 0) is 20.9 Å². The summed E-state index contributed by atoms with van der Waals surface area (Å²) in [6, 6.07) is 6.53. The van der Waals surface area contributed by atoms with Gasteiger partial charge in [0.15, 0.2) is 0 Å². The molecule has 3 N–H and O–H groups in total. The number of benzene rings is 1. The molecule has 1 aromatic carbocycles. The van der Waals surface area contributed by atoms with Gasteiger partial charge >= 0.3 is 17.6 Å². The van der Waals surface area contributed by atoms with Crippen LogP contribution in [0.1, 0.15) is 5.56 Å². The number of rotatable bonds is 9. The Labute approximate surface area is 192 Å². The second kappa shape index (κ2) is 13.6. The molecule has 0 saturated carbocycles. The molecule has 33 heavy (non-hydrogen) atoms. The Hall–Kier alpha value is -2.93. The van der Waals surface area contributed by atoms with Crippen molar-refractivity contribution < 1.29 is 34.7 Å². The first kappa shape index (κ1) is 26.3. The van der Waals surface area contributed by atoms with Crippen molar-refractivity contribution in [3.8, 4) is 0 Å². The second-order valence-electron chi connectivity index (χ2n) is 8.02. The molecule has 182 valence electrons. The van der Waals surface area contributed by atoms with E-state index in [4.69, 9.17) is 5.21 Å².